The van der Waals surface area contributed by atoms with Crippen LogP contribution in [-0.4, -0.2) is 24.7 Å². The molecule has 5 rings (SSSR count). The van der Waals surface area contributed by atoms with Crippen LogP contribution in [-0.2, 0) is 0 Å². The zero-order valence-corrected chi connectivity index (χ0v) is 19.9. The molecule has 2 aliphatic rings. The number of aromatic nitrogens is 1. The molecule has 4 nitrogen and oxygen atoms in total. The molecule has 0 bridgehead atoms. The van der Waals surface area contributed by atoms with Gasteiger partial charge >= 0.3 is 6.98 Å². The number of hydrogen-bond acceptors (Lipinski definition) is 4. The zero-order chi connectivity index (χ0) is 22.7. The maximum absolute atomic E-state index is 4.84. The minimum atomic E-state index is -0.317. The molecule has 0 N–H and O–H groups in total. The molecule has 0 saturated heterocycles. The molecule has 0 unspecified atom stereocenters. The van der Waals surface area contributed by atoms with E-state index < -0.39 is 0 Å². The molecule has 0 spiro atoms. The second-order valence-corrected chi connectivity index (χ2v) is 10.3. The Balaban J connectivity index is 1.71. The number of para-hydroxylation sites is 2. The fourth-order valence-electron chi connectivity index (χ4n) is 5.30. The van der Waals surface area contributed by atoms with E-state index in [-0.39, 0.29) is 18.1 Å². The van der Waals surface area contributed by atoms with E-state index in [1.807, 2.05) is 12.3 Å². The highest BCUT2D eigenvalue weighted by atomic mass is 15.5. The second-order valence-electron chi connectivity index (χ2n) is 10.3. The van der Waals surface area contributed by atoms with E-state index in [9.17, 15) is 0 Å². The Kier molecular flexibility index (Phi) is 4.63. The van der Waals surface area contributed by atoms with E-state index in [0.717, 1.165) is 17.2 Å². The summed E-state index contributed by atoms with van der Waals surface area (Å²) in [6.45, 7) is 11.6. The first-order valence-corrected chi connectivity index (χ1v) is 11.4. The van der Waals surface area contributed by atoms with Crippen molar-refractivity contribution < 1.29 is 0 Å². The predicted octanol–water partition coefficient (Wildman–Crippen LogP) is 6.38. The quantitative estimate of drug-likeness (QED) is 0.447. The Bertz CT molecular complexity index is 1180. The van der Waals surface area contributed by atoms with Gasteiger partial charge in [0, 0.05) is 17.6 Å². The Morgan fingerprint density at radius 3 is 2.22 bits per heavy atom. The van der Waals surface area contributed by atoms with E-state index >= 15 is 0 Å². The fraction of sp³-hybridized carbons (Fsp3) is 0.296. The molecule has 1 aromatic heterocycles. The van der Waals surface area contributed by atoms with Gasteiger partial charge in [-0.25, -0.2) is 4.98 Å². The van der Waals surface area contributed by atoms with Crippen molar-refractivity contribution in [2.45, 2.75) is 40.3 Å². The smallest absolute Gasteiger partial charge is 0.395 e. The first-order chi connectivity index (χ1) is 15.2. The van der Waals surface area contributed by atoms with Gasteiger partial charge in [0.15, 0.2) is 5.82 Å². The normalized spacial score (nSPS) is 17.2. The first-order valence-electron chi connectivity index (χ1n) is 11.4. The van der Waals surface area contributed by atoms with Crippen LogP contribution in [0.1, 0.15) is 40.2 Å². The van der Waals surface area contributed by atoms with Gasteiger partial charge in [-0.3, -0.25) is 0 Å². The molecular formula is C27H31BN4. The van der Waals surface area contributed by atoms with Gasteiger partial charge in [0.1, 0.15) is 5.66 Å². The lowest BCUT2D eigenvalue weighted by Crippen LogP contribution is -2.62. The predicted molar refractivity (Wildman–Crippen MR) is 137 cm³/mol. The van der Waals surface area contributed by atoms with Crippen molar-refractivity contribution in [3.63, 3.8) is 0 Å². The maximum Gasteiger partial charge on any atom is 0.405 e. The van der Waals surface area contributed by atoms with Crippen LogP contribution in [0.2, 0.25) is 0 Å². The largest absolute Gasteiger partial charge is 0.405 e. The van der Waals surface area contributed by atoms with E-state index in [1.54, 1.807) is 0 Å². The summed E-state index contributed by atoms with van der Waals surface area (Å²) in [5.74, 6) is 3.46. The van der Waals surface area contributed by atoms with Crippen molar-refractivity contribution in [3.8, 4) is 0 Å². The molecule has 2 aromatic carbocycles. The fourth-order valence-corrected chi connectivity index (χ4v) is 5.30. The summed E-state index contributed by atoms with van der Waals surface area (Å²) in [5.41, 5.74) is 6.00. The molecule has 162 valence electrons. The van der Waals surface area contributed by atoms with Crippen molar-refractivity contribution in [2.75, 3.05) is 21.6 Å². The number of nitrogens with zero attached hydrogens (tertiary/aromatic N) is 4. The molecule has 32 heavy (non-hydrogen) atoms. The average Bonchev–Trinajstić information content (AvgIpc) is 3.00. The lowest BCUT2D eigenvalue weighted by molar-refractivity contribution is 0.549. The molecule has 0 fully saturated rings. The van der Waals surface area contributed by atoms with Crippen molar-refractivity contribution in [3.05, 3.63) is 84.5 Å². The number of benzene rings is 2. The summed E-state index contributed by atoms with van der Waals surface area (Å²) in [6, 6.07) is 23.6. The maximum atomic E-state index is 4.84. The second kappa shape index (κ2) is 7.16. The Morgan fingerprint density at radius 1 is 0.844 bits per heavy atom. The van der Waals surface area contributed by atoms with Crippen molar-refractivity contribution in [1.29, 1.82) is 0 Å². The van der Waals surface area contributed by atoms with Crippen LogP contribution in [0.3, 0.4) is 0 Å². The lowest BCUT2D eigenvalue weighted by atomic mass is 9.61. The number of pyridine rings is 1. The Labute approximate surface area is 192 Å². The molecule has 0 saturated carbocycles. The first kappa shape index (κ1) is 20.7. The lowest BCUT2D eigenvalue weighted by Gasteiger charge is -2.47. The van der Waals surface area contributed by atoms with Crippen LogP contribution in [0.4, 0.5) is 22.9 Å². The monoisotopic (exact) mass is 422 g/mol. The van der Waals surface area contributed by atoms with E-state index in [0.29, 0.717) is 0 Å². The van der Waals surface area contributed by atoms with Gasteiger partial charge in [0.25, 0.3) is 0 Å². The molecule has 0 amide bonds. The van der Waals surface area contributed by atoms with Crippen LogP contribution >= 0.6 is 0 Å². The van der Waals surface area contributed by atoms with E-state index in [4.69, 9.17) is 4.98 Å². The third-order valence-corrected chi connectivity index (χ3v) is 6.75. The highest BCUT2D eigenvalue weighted by Gasteiger charge is 2.50. The Morgan fingerprint density at radius 2 is 1.50 bits per heavy atom. The Hall–Kier alpha value is -3.21. The van der Waals surface area contributed by atoms with Crippen molar-refractivity contribution >= 4 is 35.4 Å². The van der Waals surface area contributed by atoms with E-state index in [2.05, 4.69) is 123 Å². The van der Waals surface area contributed by atoms with Crippen LogP contribution in [0.25, 0.3) is 5.57 Å². The number of hydrogen-bond donors (Lipinski definition) is 0. The average molecular weight is 422 g/mol. The van der Waals surface area contributed by atoms with Crippen LogP contribution in [0.5, 0.6) is 0 Å². The van der Waals surface area contributed by atoms with Gasteiger partial charge in [-0.05, 0) is 67.8 Å². The number of fused-ring (bicyclic) bond motifs is 2. The zero-order valence-electron chi connectivity index (χ0n) is 19.9. The van der Waals surface area contributed by atoms with Crippen LogP contribution < -0.4 is 14.5 Å². The van der Waals surface area contributed by atoms with Crippen LogP contribution in [0, 0.1) is 5.41 Å². The molecule has 3 aromatic rings. The number of anilines is 4. The van der Waals surface area contributed by atoms with Gasteiger partial charge in [-0.2, -0.15) is 0 Å². The number of allylic oxidation sites excluding steroid dienone is 1. The standard InChI is InChI=1S/C27H31BN4/c1-26(2,3)22-19-28(30(6)23-16-11-10-15-21(22)23)32-24-17-12-18-29-25(24)31(27(32,4)5)20-13-8-7-9-14-20/h7-19H,1-6H3. The minimum absolute atomic E-state index is 0.0381. The molecule has 0 aliphatic carbocycles. The topological polar surface area (TPSA) is 22.6 Å². The highest BCUT2D eigenvalue weighted by molar-refractivity contribution is 6.74. The third-order valence-electron chi connectivity index (χ3n) is 6.75. The van der Waals surface area contributed by atoms with Gasteiger partial charge in [0.2, 0.25) is 0 Å². The summed E-state index contributed by atoms with van der Waals surface area (Å²) in [4.78, 5) is 12.1. The van der Waals surface area contributed by atoms with Crippen molar-refractivity contribution in [1.82, 2.24) is 4.98 Å². The SMILES string of the molecule is CN1B(N2c3cccnc3N(c3ccccc3)C2(C)C)C=C(C(C)(C)C)c2ccccc21. The van der Waals surface area contributed by atoms with Crippen molar-refractivity contribution in [2.24, 2.45) is 5.41 Å². The van der Waals surface area contributed by atoms with Gasteiger partial charge in [0.05, 0.1) is 5.69 Å². The van der Waals surface area contributed by atoms with Gasteiger partial charge in [-0.15, -0.1) is 0 Å². The molecule has 2 aliphatic heterocycles. The minimum Gasteiger partial charge on any atom is -0.395 e. The number of rotatable bonds is 2. The van der Waals surface area contributed by atoms with Gasteiger partial charge < -0.3 is 14.5 Å². The molecule has 3 heterocycles. The summed E-state index contributed by atoms with van der Waals surface area (Å²) in [6.07, 6.45) is 1.89. The molecule has 0 atom stereocenters. The van der Waals surface area contributed by atoms with Gasteiger partial charge in [-0.1, -0.05) is 63.1 Å². The molecule has 0 radical (unpaired) electrons. The third kappa shape index (κ3) is 3.02. The molecule has 5 heteroatoms. The summed E-state index contributed by atoms with van der Waals surface area (Å²) in [5, 5.41) is 0. The highest BCUT2D eigenvalue weighted by Crippen LogP contribution is 2.51. The molecular weight excluding hydrogens is 391 g/mol. The summed E-state index contributed by atoms with van der Waals surface area (Å²) < 4.78 is 0. The summed E-state index contributed by atoms with van der Waals surface area (Å²) in [7, 11) is 2.21. The summed E-state index contributed by atoms with van der Waals surface area (Å²) >= 11 is 0. The van der Waals surface area contributed by atoms with Crippen LogP contribution in [0.15, 0.2) is 78.9 Å². The van der Waals surface area contributed by atoms with E-state index in [1.165, 1.54) is 16.8 Å².